The van der Waals surface area contributed by atoms with Crippen molar-refractivity contribution in [3.05, 3.63) is 59.7 Å². The Balaban J connectivity index is 1.84. The lowest BCUT2D eigenvalue weighted by molar-refractivity contribution is 0.0947. The maximum Gasteiger partial charge on any atom is 0.251 e. The molecule has 0 unspecified atom stereocenters. The van der Waals surface area contributed by atoms with Crippen LogP contribution in [0.5, 0.6) is 5.75 Å². The summed E-state index contributed by atoms with van der Waals surface area (Å²) in [5, 5.41) is 2.77. The number of nitrogens with zero attached hydrogens (tertiary/aromatic N) is 1. The van der Waals surface area contributed by atoms with E-state index in [9.17, 15) is 13.2 Å². The summed E-state index contributed by atoms with van der Waals surface area (Å²) in [6, 6.07) is 14.1. The molecule has 0 aromatic heterocycles. The first kappa shape index (κ1) is 18.8. The average Bonchev–Trinajstić information content (AvgIpc) is 2.57. The quantitative estimate of drug-likeness (QED) is 0.766. The first-order valence-electron chi connectivity index (χ1n) is 7.79. The molecule has 0 atom stereocenters. The summed E-state index contributed by atoms with van der Waals surface area (Å²) < 4.78 is 29.7. The van der Waals surface area contributed by atoms with Gasteiger partial charge in [0, 0.05) is 12.6 Å². The number of hydrogen-bond acceptors (Lipinski definition) is 4. The van der Waals surface area contributed by atoms with Crippen LogP contribution in [0.3, 0.4) is 0 Å². The van der Waals surface area contributed by atoms with Crippen molar-refractivity contribution >= 4 is 21.6 Å². The molecule has 0 spiro atoms. The van der Waals surface area contributed by atoms with Crippen LogP contribution in [0, 0.1) is 6.92 Å². The summed E-state index contributed by atoms with van der Waals surface area (Å²) in [5.41, 5.74) is 2.07. The second-order valence-electron chi connectivity index (χ2n) is 5.70. The number of benzene rings is 2. The van der Waals surface area contributed by atoms with E-state index in [2.05, 4.69) is 5.32 Å². The highest BCUT2D eigenvalue weighted by Gasteiger charge is 2.12. The zero-order valence-corrected chi connectivity index (χ0v) is 15.3. The number of amides is 1. The molecule has 2 aromatic rings. The van der Waals surface area contributed by atoms with Gasteiger partial charge in [-0.25, -0.2) is 8.42 Å². The maximum absolute atomic E-state index is 12.1. The molecule has 2 rings (SSSR count). The minimum Gasteiger partial charge on any atom is -0.492 e. The molecule has 0 bridgehead atoms. The molecular formula is C18H22N2O4S. The highest BCUT2D eigenvalue weighted by molar-refractivity contribution is 7.92. The number of carbonyl (C=O) groups excluding carboxylic acids is 1. The van der Waals surface area contributed by atoms with Gasteiger partial charge in [-0.3, -0.25) is 9.10 Å². The Morgan fingerprint density at radius 2 is 1.84 bits per heavy atom. The van der Waals surface area contributed by atoms with Crippen molar-refractivity contribution < 1.29 is 17.9 Å². The van der Waals surface area contributed by atoms with E-state index >= 15 is 0 Å². The van der Waals surface area contributed by atoms with Crippen molar-refractivity contribution in [3.8, 4) is 5.75 Å². The van der Waals surface area contributed by atoms with Crippen LogP contribution in [-0.4, -0.2) is 40.8 Å². The number of aryl methyl sites for hydroxylation is 1. The van der Waals surface area contributed by atoms with E-state index in [0.717, 1.165) is 21.9 Å². The SMILES string of the molecule is Cc1cccc(OCCNC(=O)c2ccc(N(C)S(C)(=O)=O)cc2)c1. The number of rotatable bonds is 7. The molecule has 1 N–H and O–H groups in total. The highest BCUT2D eigenvalue weighted by atomic mass is 32.2. The molecule has 25 heavy (non-hydrogen) atoms. The number of anilines is 1. The van der Waals surface area contributed by atoms with Gasteiger partial charge in [-0.1, -0.05) is 12.1 Å². The van der Waals surface area contributed by atoms with Crippen molar-refractivity contribution in [3.63, 3.8) is 0 Å². The Morgan fingerprint density at radius 1 is 1.16 bits per heavy atom. The molecule has 0 aliphatic carbocycles. The fourth-order valence-corrected chi connectivity index (χ4v) is 2.66. The molecule has 0 heterocycles. The van der Waals surface area contributed by atoms with Crippen LogP contribution in [0.25, 0.3) is 0 Å². The predicted octanol–water partition coefficient (Wildman–Crippen LogP) is 2.20. The van der Waals surface area contributed by atoms with Crippen LogP contribution >= 0.6 is 0 Å². The molecule has 0 saturated carbocycles. The van der Waals surface area contributed by atoms with Crippen LogP contribution in [0.1, 0.15) is 15.9 Å². The van der Waals surface area contributed by atoms with Gasteiger partial charge in [0.25, 0.3) is 5.91 Å². The summed E-state index contributed by atoms with van der Waals surface area (Å²) in [5.74, 6) is 0.531. The number of carbonyl (C=O) groups is 1. The largest absolute Gasteiger partial charge is 0.492 e. The summed E-state index contributed by atoms with van der Waals surface area (Å²) in [6.45, 7) is 2.72. The smallest absolute Gasteiger partial charge is 0.251 e. The normalized spacial score (nSPS) is 11.0. The monoisotopic (exact) mass is 362 g/mol. The molecule has 1 amide bonds. The third-order valence-electron chi connectivity index (χ3n) is 3.64. The van der Waals surface area contributed by atoms with E-state index in [1.807, 2.05) is 31.2 Å². The Bertz CT molecular complexity index is 832. The van der Waals surface area contributed by atoms with E-state index < -0.39 is 10.0 Å². The molecule has 2 aromatic carbocycles. The minimum absolute atomic E-state index is 0.235. The van der Waals surface area contributed by atoms with E-state index in [4.69, 9.17) is 4.74 Å². The first-order chi connectivity index (χ1) is 11.8. The van der Waals surface area contributed by atoms with Gasteiger partial charge in [0.2, 0.25) is 10.0 Å². The molecule has 134 valence electrons. The Morgan fingerprint density at radius 3 is 2.44 bits per heavy atom. The van der Waals surface area contributed by atoms with Gasteiger partial charge in [-0.05, 0) is 48.9 Å². The first-order valence-corrected chi connectivity index (χ1v) is 9.64. The lowest BCUT2D eigenvalue weighted by Gasteiger charge is -2.16. The summed E-state index contributed by atoms with van der Waals surface area (Å²) in [4.78, 5) is 12.1. The van der Waals surface area contributed by atoms with Gasteiger partial charge >= 0.3 is 0 Å². The minimum atomic E-state index is -3.32. The van der Waals surface area contributed by atoms with E-state index in [1.54, 1.807) is 24.3 Å². The third-order valence-corrected chi connectivity index (χ3v) is 4.84. The van der Waals surface area contributed by atoms with Gasteiger partial charge in [0.05, 0.1) is 18.5 Å². The van der Waals surface area contributed by atoms with Crippen molar-refractivity contribution in [2.24, 2.45) is 0 Å². The van der Waals surface area contributed by atoms with E-state index in [-0.39, 0.29) is 5.91 Å². The van der Waals surface area contributed by atoms with Crippen LogP contribution in [0.15, 0.2) is 48.5 Å². The molecular weight excluding hydrogens is 340 g/mol. The average molecular weight is 362 g/mol. The van der Waals surface area contributed by atoms with Gasteiger partial charge in [-0.15, -0.1) is 0 Å². The Hall–Kier alpha value is -2.54. The Labute approximate surface area is 148 Å². The number of nitrogens with one attached hydrogen (secondary N) is 1. The third kappa shape index (κ3) is 5.49. The topological polar surface area (TPSA) is 75.7 Å². The number of sulfonamides is 1. The fraction of sp³-hybridized carbons (Fsp3) is 0.278. The molecule has 7 heteroatoms. The highest BCUT2D eigenvalue weighted by Crippen LogP contribution is 2.16. The summed E-state index contributed by atoms with van der Waals surface area (Å²) in [7, 11) is -1.85. The molecule has 0 fully saturated rings. The second-order valence-corrected chi connectivity index (χ2v) is 7.71. The van der Waals surface area contributed by atoms with Crippen LogP contribution in [-0.2, 0) is 10.0 Å². The van der Waals surface area contributed by atoms with Crippen LogP contribution in [0.2, 0.25) is 0 Å². The molecule has 0 saturated heterocycles. The van der Waals surface area contributed by atoms with Gasteiger partial charge in [0.1, 0.15) is 12.4 Å². The van der Waals surface area contributed by atoms with Crippen molar-refractivity contribution in [1.82, 2.24) is 5.32 Å². The van der Waals surface area contributed by atoms with Gasteiger partial charge < -0.3 is 10.1 Å². The lowest BCUT2D eigenvalue weighted by Crippen LogP contribution is -2.28. The van der Waals surface area contributed by atoms with Crippen molar-refractivity contribution in [2.45, 2.75) is 6.92 Å². The number of hydrogen-bond donors (Lipinski definition) is 1. The number of ether oxygens (including phenoxy) is 1. The molecule has 0 radical (unpaired) electrons. The summed E-state index contributed by atoms with van der Waals surface area (Å²) in [6.07, 6.45) is 1.13. The Kier molecular flexibility index (Phi) is 6.03. The summed E-state index contributed by atoms with van der Waals surface area (Å²) >= 11 is 0. The van der Waals surface area contributed by atoms with Gasteiger partial charge in [0.15, 0.2) is 0 Å². The van der Waals surface area contributed by atoms with Crippen molar-refractivity contribution in [2.75, 3.05) is 30.8 Å². The second kappa shape index (κ2) is 8.02. The standard InChI is InChI=1S/C18H22N2O4S/c1-14-5-4-6-17(13-14)24-12-11-19-18(21)15-7-9-16(10-8-15)20(2)25(3,22)23/h4-10,13H,11-12H2,1-3H3,(H,19,21). The van der Waals surface area contributed by atoms with Crippen LogP contribution in [0.4, 0.5) is 5.69 Å². The van der Waals surface area contributed by atoms with Crippen LogP contribution < -0.4 is 14.4 Å². The van der Waals surface area contributed by atoms with Crippen molar-refractivity contribution in [1.29, 1.82) is 0 Å². The lowest BCUT2D eigenvalue weighted by atomic mass is 10.2. The van der Waals surface area contributed by atoms with E-state index in [0.29, 0.717) is 24.4 Å². The van der Waals surface area contributed by atoms with Gasteiger partial charge in [-0.2, -0.15) is 0 Å². The molecule has 6 nitrogen and oxygen atoms in total. The van der Waals surface area contributed by atoms with E-state index in [1.165, 1.54) is 7.05 Å². The predicted molar refractivity (Wildman–Crippen MR) is 98.7 cm³/mol. The maximum atomic E-state index is 12.1. The fourth-order valence-electron chi connectivity index (χ4n) is 2.15. The molecule has 0 aliphatic rings. The molecule has 0 aliphatic heterocycles. The zero-order valence-electron chi connectivity index (χ0n) is 14.5. The zero-order chi connectivity index (χ0) is 18.4.